The number of phosphoric ester groups is 1. The van der Waals surface area contributed by atoms with E-state index in [1.807, 2.05) is 4.98 Å². The average molecular weight is 798 g/mol. The van der Waals surface area contributed by atoms with Crippen LogP contribution in [0.25, 0.3) is 0 Å². The van der Waals surface area contributed by atoms with Crippen molar-refractivity contribution in [3.63, 3.8) is 0 Å². The maximum Gasteiger partial charge on any atom is 0.479 e. The third-order valence-corrected chi connectivity index (χ3v) is 11.2. The zero-order chi connectivity index (χ0) is 33.8. The molecule has 18 heteroatoms. The van der Waals surface area contributed by atoms with Crippen molar-refractivity contribution in [2.45, 2.75) is 24.5 Å². The number of carbonyl (C=O) groups excluding carboxylic acids is 2. The van der Waals surface area contributed by atoms with Crippen LogP contribution in [0.5, 0.6) is 0 Å². The van der Waals surface area contributed by atoms with Gasteiger partial charge in [-0.05, 0) is 59.0 Å². The van der Waals surface area contributed by atoms with Crippen molar-refractivity contribution in [3.8, 4) is 0 Å². The van der Waals surface area contributed by atoms with Crippen molar-refractivity contribution in [3.05, 3.63) is 133 Å². The van der Waals surface area contributed by atoms with Crippen LogP contribution in [0.4, 0.5) is 0 Å². The lowest BCUT2D eigenvalue weighted by Gasteiger charge is -2.25. The second-order valence-electron chi connectivity index (χ2n) is 9.87. The molecule has 5 rings (SSSR count). The van der Waals surface area contributed by atoms with Gasteiger partial charge < -0.3 is 24.0 Å². The Balaban J connectivity index is 1.48. The van der Waals surface area contributed by atoms with Gasteiger partial charge in [0, 0.05) is 15.8 Å². The van der Waals surface area contributed by atoms with Crippen LogP contribution in [0, 0.1) is 3.57 Å². The number of aromatic nitrogens is 2. The van der Waals surface area contributed by atoms with Crippen molar-refractivity contribution in [1.82, 2.24) is 9.55 Å². The summed E-state index contributed by atoms with van der Waals surface area (Å²) in [5, 5.41) is -0.254. The number of hydrogen-bond donors (Lipinski definition) is 3. The second-order valence-corrected chi connectivity index (χ2v) is 14.4. The summed E-state index contributed by atoms with van der Waals surface area (Å²) in [6.45, 7) is -0.930. The molecular weight excluding hydrogens is 773 g/mol. The summed E-state index contributed by atoms with van der Waals surface area (Å²) in [5.74, 6) is -1.82. The smallest absolute Gasteiger partial charge is 0.452 e. The van der Waals surface area contributed by atoms with E-state index in [0.29, 0.717) is 0 Å². The fraction of sp³-hybridized carbons (Fsp3) is 0.172. The van der Waals surface area contributed by atoms with Gasteiger partial charge in [-0.2, -0.15) is 0 Å². The van der Waals surface area contributed by atoms with Gasteiger partial charge in [0.1, 0.15) is 6.10 Å². The number of benzene rings is 3. The largest absolute Gasteiger partial charge is 0.479 e. The van der Waals surface area contributed by atoms with Crippen molar-refractivity contribution in [2.75, 3.05) is 6.61 Å². The highest BCUT2D eigenvalue weighted by atomic mass is 127. The second kappa shape index (κ2) is 14.6. The lowest BCUT2D eigenvalue weighted by Crippen LogP contribution is -2.42. The minimum Gasteiger partial charge on any atom is -0.452 e. The number of nitrogens with zero attached hydrogens (tertiary/aromatic N) is 1. The number of halogens is 1. The van der Waals surface area contributed by atoms with E-state index in [2.05, 4.69) is 4.31 Å². The molecule has 246 valence electrons. The summed E-state index contributed by atoms with van der Waals surface area (Å²) >= 11 is 1.75. The highest BCUT2D eigenvalue weighted by Crippen LogP contribution is 2.59. The van der Waals surface area contributed by atoms with Crippen LogP contribution in [0.2, 0.25) is 0 Å². The number of aromatic amines is 1. The molecule has 3 N–H and O–H groups in total. The first kappa shape index (κ1) is 34.6. The van der Waals surface area contributed by atoms with E-state index >= 15 is 0 Å². The van der Waals surface area contributed by atoms with Crippen molar-refractivity contribution in [2.24, 2.45) is 0 Å². The van der Waals surface area contributed by atoms with Gasteiger partial charge in [-0.1, -0.05) is 48.5 Å². The van der Waals surface area contributed by atoms with E-state index in [1.54, 1.807) is 65.1 Å². The molecule has 0 aliphatic carbocycles. The summed E-state index contributed by atoms with van der Waals surface area (Å²) in [4.78, 5) is 74.0. The number of nitrogens with one attached hydrogen (secondary N) is 1. The van der Waals surface area contributed by atoms with Crippen LogP contribution in [-0.4, -0.2) is 56.2 Å². The van der Waals surface area contributed by atoms with Gasteiger partial charge in [0.2, 0.25) is 0 Å². The maximum atomic E-state index is 13.2. The normalized spacial score (nSPS) is 21.7. The molecule has 3 unspecified atom stereocenters. The van der Waals surface area contributed by atoms with Crippen LogP contribution >= 0.6 is 38.0 Å². The van der Waals surface area contributed by atoms with Gasteiger partial charge in [-0.3, -0.25) is 23.4 Å². The molecule has 0 radical (unpaired) electrons. The molecule has 47 heavy (non-hydrogen) atoms. The molecule has 6 atom stereocenters. The molecule has 0 bridgehead atoms. The summed E-state index contributed by atoms with van der Waals surface area (Å²) in [6.07, 6.45) is -5.25. The third-order valence-electron chi connectivity index (χ3n) is 6.69. The zero-order valence-electron chi connectivity index (χ0n) is 23.9. The molecule has 1 aliphatic heterocycles. The quantitative estimate of drug-likeness (QED) is 0.113. The molecule has 1 saturated heterocycles. The molecule has 15 nitrogen and oxygen atoms in total. The minimum absolute atomic E-state index is 0.0832. The highest BCUT2D eigenvalue weighted by molar-refractivity contribution is 14.1. The minimum atomic E-state index is -5.33. The summed E-state index contributed by atoms with van der Waals surface area (Å²) in [7, 11) is -10.2. The van der Waals surface area contributed by atoms with Crippen molar-refractivity contribution >= 4 is 55.3 Å². The van der Waals surface area contributed by atoms with Gasteiger partial charge >= 0.3 is 33.0 Å². The predicted molar refractivity (Wildman–Crippen MR) is 172 cm³/mol. The SMILES string of the molecule is O=C(OC1[C@@H](COP(=O)(O)OP(=O)(O)c2ccccc2I)O[C@@H](n2ccc(=O)[nH]c2=O)[C@H]1OC(=O)c1ccccc1)c1ccccc1. The van der Waals surface area contributed by atoms with Crippen LogP contribution in [0.3, 0.4) is 0 Å². The van der Waals surface area contributed by atoms with Gasteiger partial charge in [0.05, 0.1) is 23.0 Å². The number of esters is 2. The topological polar surface area (TPSA) is 210 Å². The van der Waals surface area contributed by atoms with Gasteiger partial charge in [-0.25, -0.2) is 23.3 Å². The highest BCUT2D eigenvalue weighted by Gasteiger charge is 2.52. The number of phosphoric acid groups is 1. The van der Waals surface area contributed by atoms with Gasteiger partial charge in [0.25, 0.3) is 5.56 Å². The molecule has 3 aromatic carbocycles. The summed E-state index contributed by atoms with van der Waals surface area (Å²) in [5.41, 5.74) is -1.54. The Bertz CT molecular complexity index is 1970. The Hall–Kier alpha value is -3.73. The number of H-pyrrole nitrogens is 1. The fourth-order valence-corrected chi connectivity index (χ4v) is 8.46. The maximum absolute atomic E-state index is 13.2. The van der Waals surface area contributed by atoms with Gasteiger partial charge in [-0.15, -0.1) is 0 Å². The van der Waals surface area contributed by atoms with E-state index in [9.17, 15) is 38.1 Å². The van der Waals surface area contributed by atoms with Crippen molar-refractivity contribution < 1.29 is 51.6 Å². The lowest BCUT2D eigenvalue weighted by molar-refractivity contribution is -0.0596. The molecule has 0 amide bonds. The van der Waals surface area contributed by atoms with Crippen LogP contribution in [-0.2, 0) is 32.2 Å². The third kappa shape index (κ3) is 8.41. The molecule has 2 heterocycles. The zero-order valence-corrected chi connectivity index (χ0v) is 27.8. The monoisotopic (exact) mass is 798 g/mol. The standard InChI is InChI=1S/C29H25IN2O13P2/c30-20-13-7-8-14-22(20)46(37,38)45-47(39,40)41-17-21-24(43-27(34)18-9-3-1-4-10-18)25(44-28(35)19-11-5-2-6-12-19)26(42-21)32-16-15-23(33)31-29(32)36/h1-16,21,24-26H,17H2,(H,37,38)(H,39,40)(H,31,33,36)/t21-,24?,25+,26-/m1/s1. The number of ether oxygens (including phenoxy) is 3. The van der Waals surface area contributed by atoms with Gasteiger partial charge in [0.15, 0.2) is 18.4 Å². The number of rotatable bonds is 11. The van der Waals surface area contributed by atoms with Crippen LogP contribution in [0.15, 0.2) is 107 Å². The van der Waals surface area contributed by atoms with E-state index in [-0.39, 0.29) is 20.0 Å². The Labute approximate surface area is 279 Å². The van der Waals surface area contributed by atoms with Crippen molar-refractivity contribution in [1.29, 1.82) is 0 Å². The first-order valence-electron chi connectivity index (χ1n) is 13.6. The van der Waals surface area contributed by atoms with Crippen LogP contribution < -0.4 is 16.6 Å². The molecule has 0 saturated carbocycles. The van der Waals surface area contributed by atoms with Crippen LogP contribution in [0.1, 0.15) is 26.9 Å². The average Bonchev–Trinajstić information content (AvgIpc) is 3.36. The van der Waals surface area contributed by atoms with E-state index in [1.165, 1.54) is 42.5 Å². The molecule has 1 aromatic heterocycles. The summed E-state index contributed by atoms with van der Waals surface area (Å²) < 4.78 is 54.1. The molecule has 1 aliphatic rings. The van der Waals surface area contributed by atoms with E-state index in [0.717, 1.165) is 16.8 Å². The Kier molecular flexibility index (Phi) is 10.7. The fourth-order valence-electron chi connectivity index (χ4n) is 4.55. The molecule has 0 spiro atoms. The summed E-state index contributed by atoms with van der Waals surface area (Å²) in [6, 6.07) is 22.1. The molecule has 4 aromatic rings. The number of carbonyl (C=O) groups is 2. The Morgan fingerprint density at radius 3 is 1.96 bits per heavy atom. The first-order chi connectivity index (χ1) is 22.3. The van der Waals surface area contributed by atoms with E-state index < -0.39 is 69.8 Å². The first-order valence-corrected chi connectivity index (χ1v) is 17.8. The Morgan fingerprint density at radius 1 is 0.830 bits per heavy atom. The lowest BCUT2D eigenvalue weighted by atomic mass is 10.1. The van der Waals surface area contributed by atoms with E-state index in [4.69, 9.17) is 18.7 Å². The Morgan fingerprint density at radius 2 is 1.38 bits per heavy atom. The predicted octanol–water partition coefficient (Wildman–Crippen LogP) is 3.13. The molecular formula is C29H25IN2O13P2. The molecule has 1 fully saturated rings. The number of hydrogen-bond acceptors (Lipinski definition) is 11.